The van der Waals surface area contributed by atoms with Gasteiger partial charge in [0.1, 0.15) is 5.00 Å². The number of nitrogens with zero attached hydrogens (tertiary/aromatic N) is 2. The molecule has 1 aliphatic rings. The lowest BCUT2D eigenvalue weighted by atomic mass is 10.0. The first kappa shape index (κ1) is 24.7. The molecule has 1 aromatic heterocycles. The summed E-state index contributed by atoms with van der Waals surface area (Å²) in [7, 11) is 5.13. The fourth-order valence-corrected chi connectivity index (χ4v) is 4.82. The van der Waals surface area contributed by atoms with E-state index in [2.05, 4.69) is 18.5 Å². The molecule has 0 radical (unpaired) electrons. The van der Waals surface area contributed by atoms with Crippen LogP contribution in [0.4, 0.5) is 18.2 Å². The average molecular weight is 447 g/mol. The highest BCUT2D eigenvalue weighted by Crippen LogP contribution is 2.38. The van der Waals surface area contributed by atoms with Crippen LogP contribution in [0, 0.1) is 5.92 Å². The Labute approximate surface area is 181 Å². The molecule has 30 heavy (non-hydrogen) atoms. The standard InChI is InChI=1S/C22H33F3N2O2S/c1-6-7-16-8-9-17(12-16)29-11-10-20(28-5)26-21-19(15(2)27(3)4)13-18(30-21)14-22(23,24)25/h13,16-17H,2,6-12,14H2,1,3-5H3. The molecule has 0 bridgehead atoms. The molecule has 1 fully saturated rings. The molecule has 0 aliphatic heterocycles. The van der Waals surface area contributed by atoms with Gasteiger partial charge in [-0.05, 0) is 31.2 Å². The smallest absolute Gasteiger partial charge is 0.393 e. The van der Waals surface area contributed by atoms with Gasteiger partial charge >= 0.3 is 6.18 Å². The van der Waals surface area contributed by atoms with Crippen molar-refractivity contribution >= 4 is 27.9 Å². The molecule has 1 aromatic rings. The zero-order valence-corrected chi connectivity index (χ0v) is 19.2. The third kappa shape index (κ3) is 7.61. The predicted octanol–water partition coefficient (Wildman–Crippen LogP) is 6.44. The molecule has 2 rings (SSSR count). The van der Waals surface area contributed by atoms with E-state index in [0.717, 1.165) is 30.1 Å². The summed E-state index contributed by atoms with van der Waals surface area (Å²) in [6.45, 7) is 6.68. The summed E-state index contributed by atoms with van der Waals surface area (Å²) in [4.78, 5) is 6.49. The van der Waals surface area contributed by atoms with Crippen LogP contribution in [0.25, 0.3) is 5.70 Å². The molecular formula is C22H33F3N2O2S. The van der Waals surface area contributed by atoms with Gasteiger partial charge in [0.25, 0.3) is 0 Å². The highest BCUT2D eigenvalue weighted by atomic mass is 32.1. The van der Waals surface area contributed by atoms with Crippen LogP contribution in [0.2, 0.25) is 0 Å². The molecule has 1 saturated carbocycles. The molecular weight excluding hydrogens is 413 g/mol. The van der Waals surface area contributed by atoms with E-state index in [-0.39, 0.29) is 11.0 Å². The Morgan fingerprint density at radius 2 is 2.07 bits per heavy atom. The fraction of sp³-hybridized carbons (Fsp3) is 0.682. The first-order chi connectivity index (χ1) is 14.1. The van der Waals surface area contributed by atoms with Crippen molar-refractivity contribution in [2.24, 2.45) is 10.9 Å². The summed E-state index contributed by atoms with van der Waals surface area (Å²) in [5.74, 6) is 1.21. The number of aliphatic imine (C=N–C) groups is 1. The maximum atomic E-state index is 12.9. The quantitative estimate of drug-likeness (QED) is 0.306. The average Bonchev–Trinajstić information content (AvgIpc) is 3.25. The highest BCUT2D eigenvalue weighted by molar-refractivity contribution is 7.16. The van der Waals surface area contributed by atoms with E-state index in [4.69, 9.17) is 9.47 Å². The maximum Gasteiger partial charge on any atom is 0.393 e. The van der Waals surface area contributed by atoms with Gasteiger partial charge in [-0.1, -0.05) is 26.3 Å². The lowest BCUT2D eigenvalue weighted by Gasteiger charge is -2.15. The Morgan fingerprint density at radius 3 is 2.67 bits per heavy atom. The zero-order chi connectivity index (χ0) is 22.3. The second-order valence-corrected chi connectivity index (χ2v) is 9.10. The Kier molecular flexibility index (Phi) is 9.22. The van der Waals surface area contributed by atoms with E-state index in [0.29, 0.717) is 35.2 Å². The van der Waals surface area contributed by atoms with Crippen molar-refractivity contribution < 1.29 is 22.6 Å². The summed E-state index contributed by atoms with van der Waals surface area (Å²) < 4.78 is 50.0. The van der Waals surface area contributed by atoms with Crippen LogP contribution in [0.3, 0.4) is 0 Å². The lowest BCUT2D eigenvalue weighted by molar-refractivity contribution is -0.126. The van der Waals surface area contributed by atoms with E-state index in [1.807, 2.05) is 0 Å². The molecule has 0 aromatic carbocycles. The van der Waals surface area contributed by atoms with Crippen LogP contribution in [-0.2, 0) is 15.9 Å². The topological polar surface area (TPSA) is 34.1 Å². The summed E-state index contributed by atoms with van der Waals surface area (Å²) >= 11 is 1.02. The van der Waals surface area contributed by atoms with Crippen LogP contribution in [0.5, 0.6) is 0 Å². The van der Waals surface area contributed by atoms with Gasteiger partial charge in [0.2, 0.25) is 0 Å². The second kappa shape index (κ2) is 11.2. The molecule has 1 heterocycles. The number of methoxy groups -OCH3 is 1. The Bertz CT molecular complexity index is 728. The SMILES string of the molecule is C=C(c1cc(CC(F)(F)F)sc1N=C(CCOC1CCC(CCC)C1)OC)N(C)C. The number of hydrogen-bond acceptors (Lipinski definition) is 5. The minimum absolute atomic E-state index is 0.207. The van der Waals surface area contributed by atoms with Crippen molar-refractivity contribution in [3.63, 3.8) is 0 Å². The number of ether oxygens (including phenoxy) is 2. The first-order valence-electron chi connectivity index (χ1n) is 10.4. The van der Waals surface area contributed by atoms with Crippen molar-refractivity contribution in [1.82, 2.24) is 4.90 Å². The number of rotatable bonds is 10. The third-order valence-electron chi connectivity index (χ3n) is 5.31. The van der Waals surface area contributed by atoms with Crippen molar-refractivity contribution in [2.75, 3.05) is 27.8 Å². The Morgan fingerprint density at radius 1 is 1.33 bits per heavy atom. The van der Waals surface area contributed by atoms with E-state index < -0.39 is 12.6 Å². The number of alkyl halides is 3. The lowest BCUT2D eigenvalue weighted by Crippen LogP contribution is -2.13. The normalized spacial score (nSPS) is 19.9. The monoisotopic (exact) mass is 446 g/mol. The summed E-state index contributed by atoms with van der Waals surface area (Å²) in [5, 5.41) is 0.480. The van der Waals surface area contributed by atoms with Crippen molar-refractivity contribution in [1.29, 1.82) is 0 Å². The van der Waals surface area contributed by atoms with Crippen molar-refractivity contribution in [3.05, 3.63) is 23.1 Å². The maximum absolute atomic E-state index is 12.9. The van der Waals surface area contributed by atoms with Crippen LogP contribution >= 0.6 is 11.3 Å². The molecule has 0 amide bonds. The number of thiophene rings is 1. The minimum atomic E-state index is -4.27. The Balaban J connectivity index is 2.06. The van der Waals surface area contributed by atoms with Gasteiger partial charge < -0.3 is 14.4 Å². The second-order valence-electron chi connectivity index (χ2n) is 7.98. The molecule has 8 heteroatoms. The van der Waals surface area contributed by atoms with Gasteiger partial charge in [-0.2, -0.15) is 13.2 Å². The van der Waals surface area contributed by atoms with E-state index in [1.165, 1.54) is 32.4 Å². The fourth-order valence-electron chi connectivity index (χ4n) is 3.73. The molecule has 0 saturated heterocycles. The van der Waals surface area contributed by atoms with Gasteiger partial charge in [-0.25, -0.2) is 4.99 Å². The largest absolute Gasteiger partial charge is 0.484 e. The van der Waals surface area contributed by atoms with Gasteiger partial charge in [0, 0.05) is 36.7 Å². The van der Waals surface area contributed by atoms with E-state index >= 15 is 0 Å². The zero-order valence-electron chi connectivity index (χ0n) is 18.3. The van der Waals surface area contributed by atoms with Crippen LogP contribution in [0.15, 0.2) is 17.6 Å². The van der Waals surface area contributed by atoms with Crippen molar-refractivity contribution in [2.45, 2.75) is 64.1 Å². The van der Waals surface area contributed by atoms with Gasteiger partial charge in [-0.15, -0.1) is 11.3 Å². The highest BCUT2D eigenvalue weighted by Gasteiger charge is 2.30. The number of halogens is 3. The minimum Gasteiger partial charge on any atom is -0.484 e. The molecule has 2 atom stereocenters. The summed E-state index contributed by atoms with van der Waals surface area (Å²) in [5.41, 5.74) is 1.20. The first-order valence-corrected chi connectivity index (χ1v) is 11.2. The van der Waals surface area contributed by atoms with Crippen LogP contribution < -0.4 is 0 Å². The number of hydrogen-bond donors (Lipinski definition) is 0. The molecule has 0 spiro atoms. The predicted molar refractivity (Wildman–Crippen MR) is 118 cm³/mol. The van der Waals surface area contributed by atoms with Gasteiger partial charge in [0.05, 0.1) is 26.2 Å². The van der Waals surface area contributed by atoms with Crippen LogP contribution in [-0.4, -0.2) is 50.9 Å². The van der Waals surface area contributed by atoms with Crippen LogP contribution in [0.1, 0.15) is 55.9 Å². The van der Waals surface area contributed by atoms with Gasteiger partial charge in [-0.3, -0.25) is 0 Å². The molecule has 1 aliphatic carbocycles. The molecule has 170 valence electrons. The van der Waals surface area contributed by atoms with E-state index in [9.17, 15) is 13.2 Å². The molecule has 0 N–H and O–H groups in total. The summed E-state index contributed by atoms with van der Waals surface area (Å²) in [6.07, 6.45) is 1.38. The van der Waals surface area contributed by atoms with Crippen molar-refractivity contribution in [3.8, 4) is 0 Å². The van der Waals surface area contributed by atoms with E-state index in [1.54, 1.807) is 19.0 Å². The summed E-state index contributed by atoms with van der Waals surface area (Å²) in [6, 6.07) is 1.52. The Hall–Kier alpha value is -1.54. The molecule has 2 unspecified atom stereocenters. The third-order valence-corrected chi connectivity index (χ3v) is 6.34. The molecule has 4 nitrogen and oxygen atoms in total. The van der Waals surface area contributed by atoms with Gasteiger partial charge in [0.15, 0.2) is 5.90 Å².